The predicted octanol–water partition coefficient (Wildman–Crippen LogP) is 0.592. The minimum absolute atomic E-state index is 0.0401. The predicted molar refractivity (Wildman–Crippen MR) is 36.0 cm³/mol. The second kappa shape index (κ2) is 2.57. The molecule has 0 aliphatic carbocycles. The van der Waals surface area contributed by atoms with Crippen molar-refractivity contribution in [3.8, 4) is 0 Å². The molecule has 1 unspecified atom stereocenters. The summed E-state index contributed by atoms with van der Waals surface area (Å²) in [5, 5.41) is 12.5. The molecule has 0 saturated carbocycles. The lowest BCUT2D eigenvalue weighted by Gasteiger charge is -2.25. The number of nitrogens with zero attached hydrogens (tertiary/aromatic N) is 4. The van der Waals surface area contributed by atoms with Crippen molar-refractivity contribution in [1.29, 1.82) is 0 Å². The van der Waals surface area contributed by atoms with Gasteiger partial charge in [0.25, 0.3) is 0 Å². The summed E-state index contributed by atoms with van der Waals surface area (Å²) < 4.78 is 37.8. The molecule has 0 radical (unpaired) electrons. The van der Waals surface area contributed by atoms with Gasteiger partial charge in [0.1, 0.15) is 0 Å². The van der Waals surface area contributed by atoms with Gasteiger partial charge in [-0.05, 0) is 16.8 Å². The summed E-state index contributed by atoms with van der Waals surface area (Å²) in [6.45, 7) is 0.241. The Morgan fingerprint density at radius 1 is 1.46 bits per heavy atom. The Morgan fingerprint density at radius 3 is 2.92 bits per heavy atom. The molecular formula is C5H6F3N5. The second-order valence-electron chi connectivity index (χ2n) is 2.72. The van der Waals surface area contributed by atoms with Crippen molar-refractivity contribution in [1.82, 2.24) is 20.2 Å². The lowest BCUT2D eigenvalue weighted by molar-refractivity contribution is -0.172. The Morgan fingerprint density at radius 2 is 2.23 bits per heavy atom. The maximum absolute atomic E-state index is 12.4. The molecule has 2 rings (SSSR count). The van der Waals surface area contributed by atoms with Crippen LogP contribution in [0.25, 0.3) is 0 Å². The fraction of sp³-hybridized carbons (Fsp3) is 0.800. The average molecular weight is 193 g/mol. The molecule has 0 fully saturated rings. The van der Waals surface area contributed by atoms with Crippen LogP contribution in [0.15, 0.2) is 0 Å². The molecule has 0 bridgehead atoms. The topological polar surface area (TPSA) is 55.6 Å². The van der Waals surface area contributed by atoms with Crippen LogP contribution in [0.1, 0.15) is 12.5 Å². The summed E-state index contributed by atoms with van der Waals surface area (Å²) in [6.07, 6.45) is -4.33. The maximum atomic E-state index is 12.4. The van der Waals surface area contributed by atoms with E-state index in [1.54, 1.807) is 0 Å². The highest BCUT2D eigenvalue weighted by atomic mass is 19.4. The highest BCUT2D eigenvalue weighted by Crippen LogP contribution is 2.35. The van der Waals surface area contributed by atoms with Gasteiger partial charge < -0.3 is 5.32 Å². The molecule has 1 N–H and O–H groups in total. The molecule has 5 nitrogen and oxygen atoms in total. The van der Waals surface area contributed by atoms with Crippen LogP contribution in [0.3, 0.4) is 0 Å². The van der Waals surface area contributed by atoms with Gasteiger partial charge in [-0.2, -0.15) is 17.9 Å². The Kier molecular flexibility index (Phi) is 1.64. The van der Waals surface area contributed by atoms with Gasteiger partial charge in [0.15, 0.2) is 6.04 Å². The number of alkyl halides is 3. The second-order valence-corrected chi connectivity index (χ2v) is 2.72. The molecule has 1 aliphatic rings. The van der Waals surface area contributed by atoms with Crippen molar-refractivity contribution >= 4 is 5.95 Å². The lowest BCUT2D eigenvalue weighted by Crippen LogP contribution is -2.34. The summed E-state index contributed by atoms with van der Waals surface area (Å²) in [5.41, 5.74) is 0. The monoisotopic (exact) mass is 193 g/mol. The van der Waals surface area contributed by atoms with Gasteiger partial charge in [-0.25, -0.2) is 0 Å². The molecular weight excluding hydrogens is 187 g/mol. The van der Waals surface area contributed by atoms with E-state index in [1.807, 2.05) is 0 Å². The standard InChI is InChI=1S/C5H6F3N5/c6-5(7,8)3-1-2-9-4-10-11-12-13(3)4/h3H,1-2H2,(H,9,10,12). The van der Waals surface area contributed by atoms with Gasteiger partial charge in [-0.3, -0.25) is 0 Å². The SMILES string of the molecule is FC(F)(F)C1CCNc2nnnn21. The number of hydrogen-bond donors (Lipinski definition) is 1. The number of rotatable bonds is 0. The molecule has 72 valence electrons. The normalized spacial score (nSPS) is 22.2. The Hall–Kier alpha value is -1.34. The third-order valence-corrected chi connectivity index (χ3v) is 1.87. The van der Waals surface area contributed by atoms with Crippen molar-refractivity contribution in [2.75, 3.05) is 11.9 Å². The van der Waals surface area contributed by atoms with Crippen molar-refractivity contribution in [2.45, 2.75) is 18.6 Å². The third-order valence-electron chi connectivity index (χ3n) is 1.87. The molecule has 0 amide bonds. The highest BCUT2D eigenvalue weighted by molar-refractivity contribution is 5.24. The van der Waals surface area contributed by atoms with Gasteiger partial charge in [0.2, 0.25) is 5.95 Å². The molecule has 8 heteroatoms. The summed E-state index contributed by atoms with van der Waals surface area (Å²) in [4.78, 5) is 0. The van der Waals surface area contributed by atoms with Crippen molar-refractivity contribution in [2.24, 2.45) is 0 Å². The summed E-state index contributed by atoms with van der Waals surface area (Å²) >= 11 is 0. The van der Waals surface area contributed by atoms with E-state index in [1.165, 1.54) is 0 Å². The lowest BCUT2D eigenvalue weighted by atomic mass is 10.2. The number of aromatic nitrogens is 4. The zero-order valence-corrected chi connectivity index (χ0v) is 6.41. The molecule has 0 spiro atoms. The van der Waals surface area contributed by atoms with Crippen LogP contribution >= 0.6 is 0 Å². The first-order chi connectivity index (χ1) is 6.09. The van der Waals surface area contributed by atoms with Crippen molar-refractivity contribution in [3.05, 3.63) is 0 Å². The number of hydrogen-bond acceptors (Lipinski definition) is 4. The largest absolute Gasteiger partial charge is 0.411 e. The van der Waals surface area contributed by atoms with Crippen LogP contribution in [0, 0.1) is 0 Å². The minimum Gasteiger partial charge on any atom is -0.353 e. The molecule has 1 aromatic heterocycles. The van der Waals surface area contributed by atoms with E-state index in [0.29, 0.717) is 0 Å². The Labute approximate surface area is 70.9 Å². The van der Waals surface area contributed by atoms with Gasteiger partial charge in [0, 0.05) is 6.54 Å². The van der Waals surface area contributed by atoms with Crippen LogP contribution < -0.4 is 5.32 Å². The smallest absolute Gasteiger partial charge is 0.353 e. The van der Waals surface area contributed by atoms with Crippen LogP contribution in [0.2, 0.25) is 0 Å². The fourth-order valence-electron chi connectivity index (χ4n) is 1.27. The number of halogens is 3. The number of nitrogens with one attached hydrogen (secondary N) is 1. The van der Waals surface area contributed by atoms with Crippen LogP contribution in [-0.2, 0) is 0 Å². The van der Waals surface area contributed by atoms with Crippen molar-refractivity contribution < 1.29 is 13.2 Å². The van der Waals surface area contributed by atoms with E-state index in [9.17, 15) is 13.2 Å². The first-order valence-corrected chi connectivity index (χ1v) is 3.67. The number of anilines is 1. The first-order valence-electron chi connectivity index (χ1n) is 3.67. The number of fused-ring (bicyclic) bond motifs is 1. The van der Waals surface area contributed by atoms with E-state index in [4.69, 9.17) is 0 Å². The van der Waals surface area contributed by atoms with E-state index in [-0.39, 0.29) is 18.9 Å². The zero-order chi connectivity index (χ0) is 9.47. The maximum Gasteiger partial charge on any atom is 0.411 e. The molecule has 1 aliphatic heterocycles. The quantitative estimate of drug-likeness (QED) is 0.655. The van der Waals surface area contributed by atoms with Crippen molar-refractivity contribution in [3.63, 3.8) is 0 Å². The molecule has 0 aromatic carbocycles. The molecule has 1 atom stereocenters. The van der Waals surface area contributed by atoms with E-state index < -0.39 is 12.2 Å². The van der Waals surface area contributed by atoms with Gasteiger partial charge >= 0.3 is 6.18 Å². The summed E-state index contributed by atoms with van der Waals surface area (Å²) in [5.74, 6) is 0.0774. The van der Waals surface area contributed by atoms with Gasteiger partial charge in [-0.15, -0.1) is 0 Å². The number of tetrazole rings is 1. The summed E-state index contributed by atoms with van der Waals surface area (Å²) in [6, 6.07) is -1.60. The summed E-state index contributed by atoms with van der Waals surface area (Å²) in [7, 11) is 0. The van der Waals surface area contributed by atoms with Crippen LogP contribution in [0.4, 0.5) is 19.1 Å². The van der Waals surface area contributed by atoms with E-state index >= 15 is 0 Å². The highest BCUT2D eigenvalue weighted by Gasteiger charge is 2.44. The first kappa shape index (κ1) is 8.27. The Balaban J connectivity index is 2.35. The third kappa shape index (κ3) is 1.31. The minimum atomic E-state index is -4.29. The van der Waals surface area contributed by atoms with Gasteiger partial charge in [0.05, 0.1) is 0 Å². The Bertz CT molecular complexity index is 305. The zero-order valence-electron chi connectivity index (χ0n) is 6.41. The van der Waals surface area contributed by atoms with Crippen LogP contribution in [0.5, 0.6) is 0 Å². The average Bonchev–Trinajstić information content (AvgIpc) is 2.48. The molecule has 13 heavy (non-hydrogen) atoms. The van der Waals surface area contributed by atoms with E-state index in [2.05, 4.69) is 20.8 Å². The molecule has 2 heterocycles. The molecule has 0 saturated heterocycles. The fourth-order valence-corrected chi connectivity index (χ4v) is 1.27. The molecule has 1 aromatic rings. The van der Waals surface area contributed by atoms with Crippen LogP contribution in [-0.4, -0.2) is 32.9 Å². The van der Waals surface area contributed by atoms with Gasteiger partial charge in [-0.1, -0.05) is 5.10 Å². The van der Waals surface area contributed by atoms with E-state index in [0.717, 1.165) is 4.68 Å².